The number of likely N-dealkylation sites (tertiary alicyclic amines) is 3. The average molecular weight is 1460 g/mol. The van der Waals surface area contributed by atoms with Crippen LogP contribution in [0.3, 0.4) is 0 Å². The molecule has 0 amide bonds. The van der Waals surface area contributed by atoms with E-state index in [4.69, 9.17) is 0 Å². The lowest BCUT2D eigenvalue weighted by Crippen LogP contribution is -2.56. The van der Waals surface area contributed by atoms with Crippen LogP contribution in [-0.4, -0.2) is 138 Å². The smallest absolute Gasteiger partial charge is 0.0130 e. The molecule has 9 aliphatic heterocycles. The molecule has 9 saturated carbocycles. The number of fused-ring (bicyclic) bond motifs is 20. The minimum atomic E-state index is 0.341. The van der Waals surface area contributed by atoms with Gasteiger partial charge in [0.25, 0.3) is 0 Å². The van der Waals surface area contributed by atoms with Crippen molar-refractivity contribution in [3.05, 3.63) is 0 Å². The third-order valence-corrected chi connectivity index (χ3v) is 32.1. The predicted octanol–water partition coefficient (Wildman–Crippen LogP) is 26.9. The molecule has 13 unspecified atom stereocenters. The lowest BCUT2D eigenvalue weighted by Gasteiger charge is -2.51. The normalized spacial score (nSPS) is 37.6. The maximum absolute atomic E-state index is 2.82. The van der Waals surface area contributed by atoms with Crippen LogP contribution in [0.5, 0.6) is 0 Å². The first-order chi connectivity index (χ1) is 48.7. The predicted molar refractivity (Wildman–Crippen MR) is 461 cm³/mol. The highest BCUT2D eigenvalue weighted by molar-refractivity contribution is 5.02. The second-order valence-corrected chi connectivity index (χ2v) is 49.3. The molecule has 9 aliphatic carbocycles. The summed E-state index contributed by atoms with van der Waals surface area (Å²) in [7, 11) is 0. The molecule has 6 heteroatoms. The Morgan fingerprint density at radius 3 is 0.971 bits per heavy atom. The van der Waals surface area contributed by atoms with Gasteiger partial charge in [-0.2, -0.15) is 0 Å². The molecule has 0 aromatic rings. The molecule has 9 heterocycles. The Hall–Kier alpha value is -0.240. The first-order valence-corrected chi connectivity index (χ1v) is 47.3. The Kier molecular flexibility index (Phi) is 31.0. The largest absolute Gasteiger partial charge is 0.298 e. The molecule has 105 heavy (non-hydrogen) atoms. The Bertz CT molecular complexity index is 2370. The highest BCUT2D eigenvalue weighted by Crippen LogP contribution is 2.55. The summed E-state index contributed by atoms with van der Waals surface area (Å²) < 4.78 is 0. The summed E-state index contributed by atoms with van der Waals surface area (Å²) >= 11 is 0. The van der Waals surface area contributed by atoms with E-state index in [1.165, 1.54) is 277 Å². The van der Waals surface area contributed by atoms with Crippen molar-refractivity contribution in [2.24, 2.45) is 93.2 Å². The van der Waals surface area contributed by atoms with Crippen LogP contribution in [0, 0.1) is 93.2 Å². The van der Waals surface area contributed by atoms with Crippen LogP contribution >= 0.6 is 0 Å². The lowest BCUT2D eigenvalue weighted by atomic mass is 9.65. The molecule has 18 rings (SSSR count). The highest BCUT2D eigenvalue weighted by Gasteiger charge is 2.49. The first-order valence-electron chi connectivity index (χ1n) is 47.3. The molecule has 6 nitrogen and oxygen atoms in total. The molecule has 18 fully saturated rings. The van der Waals surface area contributed by atoms with Gasteiger partial charge in [0.2, 0.25) is 0 Å². The summed E-state index contributed by atoms with van der Waals surface area (Å²) in [5.74, 6) is 13.4. The molecule has 13 atom stereocenters. The van der Waals surface area contributed by atoms with Crippen LogP contribution in [0.2, 0.25) is 0 Å². The average Bonchev–Trinajstić information content (AvgIpc) is 1.62. The Labute approximate surface area is 658 Å². The molecular weight excluding hydrogens is 1270 g/mol. The molecule has 16 bridgehead atoms. The van der Waals surface area contributed by atoms with Crippen molar-refractivity contribution < 1.29 is 0 Å². The van der Waals surface area contributed by atoms with E-state index in [0.29, 0.717) is 49.5 Å². The number of hydrogen-bond acceptors (Lipinski definition) is 6. The molecular formula is C99H188N6. The molecule has 0 aromatic heterocycles. The topological polar surface area (TPSA) is 19.4 Å². The third kappa shape index (κ3) is 25.4. The van der Waals surface area contributed by atoms with Gasteiger partial charge < -0.3 is 0 Å². The van der Waals surface area contributed by atoms with E-state index in [9.17, 15) is 0 Å². The third-order valence-electron chi connectivity index (χ3n) is 32.1. The molecule has 614 valence electrons. The minimum absolute atomic E-state index is 0.341. The van der Waals surface area contributed by atoms with E-state index in [-0.39, 0.29) is 0 Å². The zero-order valence-corrected chi connectivity index (χ0v) is 76.3. The summed E-state index contributed by atoms with van der Waals surface area (Å²) in [6.45, 7) is 72.6. The van der Waals surface area contributed by atoms with Gasteiger partial charge in [-0.25, -0.2) is 0 Å². The Morgan fingerprint density at radius 2 is 0.571 bits per heavy atom. The van der Waals surface area contributed by atoms with Gasteiger partial charge in [0.15, 0.2) is 0 Å². The van der Waals surface area contributed by atoms with E-state index < -0.39 is 0 Å². The van der Waals surface area contributed by atoms with E-state index in [1.807, 2.05) is 0 Å². The van der Waals surface area contributed by atoms with E-state index in [1.54, 1.807) is 6.42 Å². The van der Waals surface area contributed by atoms with Gasteiger partial charge >= 0.3 is 0 Å². The molecule has 0 radical (unpaired) electrons. The minimum Gasteiger partial charge on any atom is -0.298 e. The van der Waals surface area contributed by atoms with Gasteiger partial charge in [-0.05, 0) is 398 Å². The Balaban J connectivity index is 0.000000139. The fourth-order valence-electron chi connectivity index (χ4n) is 26.7. The van der Waals surface area contributed by atoms with Crippen LogP contribution in [0.15, 0.2) is 0 Å². The van der Waals surface area contributed by atoms with Crippen molar-refractivity contribution in [2.75, 3.05) is 39.3 Å². The van der Waals surface area contributed by atoms with Gasteiger partial charge in [-0.3, -0.25) is 29.4 Å². The molecule has 0 aromatic carbocycles. The second-order valence-electron chi connectivity index (χ2n) is 49.3. The SMILES string of the molecule is CC(C)(C)C1C2CCCC1CC2.CC(C)(C)C1CC2CCCCC(C2)C1.CC(C)(C)C1CN(C(C)(C)C)C2CCC1CC2.CC(C)(C)N1C2CCCC1CC2.CC(C)(C)N1CC2CCC1C2.CC(C)(C)N1CC2CCC1CC2.CC(C)(C)N1CC2CCCC(CC2)C1.CC(C)(C)N1CCC2CCCC1C2. The molecule has 0 spiro atoms. The van der Waals surface area contributed by atoms with E-state index >= 15 is 0 Å². The number of nitrogens with zero attached hydrogens (tertiary/aromatic N) is 6. The van der Waals surface area contributed by atoms with Gasteiger partial charge in [-0.1, -0.05) is 133 Å². The highest BCUT2D eigenvalue weighted by atomic mass is 15.3. The number of hydrogen-bond donors (Lipinski definition) is 0. The summed E-state index contributed by atoms with van der Waals surface area (Å²) in [5, 5.41) is 0. The second kappa shape index (κ2) is 36.7. The number of piperidine rings is 5. The first kappa shape index (κ1) is 88.7. The van der Waals surface area contributed by atoms with Crippen LogP contribution in [0.25, 0.3) is 0 Å². The maximum atomic E-state index is 2.82. The molecule has 9 saturated heterocycles. The monoisotopic (exact) mass is 1460 g/mol. The van der Waals surface area contributed by atoms with Crippen molar-refractivity contribution in [1.82, 2.24) is 29.4 Å². The van der Waals surface area contributed by atoms with Crippen LogP contribution in [0.4, 0.5) is 0 Å². The standard InChI is InChI=1S/C16H31N.C14H26.C13H25N.C12H23N.C12H22.2C11H21N.C10H19N/c1-15(2,3)14-11-17(16(4,5)6)13-9-7-12(14)8-10-13;1-14(2,3)13-9-11-6-4-5-7-12(8-11)10-13;1-13(2,3)14-9-11-5-4-6-12(10-14)8-7-11;1-12(2,3)13-8-7-10-5-4-6-11(13)9-10;1-12(2,3)11-9-5-4-6-10(11)8-7-9;1-11(2,3)12-8-9-4-6-10(12)7-5-9;1-11(2,3)12-9-5-4-6-10(12)8-7-9;1-10(2,3)11-7-8-4-5-9(11)6-8/h12-14H,7-11H2,1-6H3;11-13H,4-10H2,1-3H3;11-12H,4-10H2,1-3H3;10-11H,4-9H2,1-3H3;9-11H,4-8H2,1-3H3;2*9-10H,4-8H2,1-3H3;8-9H,4-7H2,1-3H3. The van der Waals surface area contributed by atoms with Crippen molar-refractivity contribution in [2.45, 2.75) is 500 Å². The quantitative estimate of drug-likeness (QED) is 0.239. The van der Waals surface area contributed by atoms with E-state index in [0.717, 1.165) is 113 Å². The van der Waals surface area contributed by atoms with Gasteiger partial charge in [-0.15, -0.1) is 0 Å². The van der Waals surface area contributed by atoms with Crippen LogP contribution in [-0.2, 0) is 0 Å². The lowest BCUT2D eigenvalue weighted by molar-refractivity contribution is -0.0163. The van der Waals surface area contributed by atoms with Crippen LogP contribution < -0.4 is 0 Å². The zero-order chi connectivity index (χ0) is 77.0. The van der Waals surface area contributed by atoms with Crippen molar-refractivity contribution in [1.29, 1.82) is 0 Å². The van der Waals surface area contributed by atoms with Gasteiger partial charge in [0, 0.05) is 102 Å². The fraction of sp³-hybridized carbons (Fsp3) is 1.00. The van der Waals surface area contributed by atoms with Crippen molar-refractivity contribution in [3.63, 3.8) is 0 Å². The summed E-state index contributed by atoms with van der Waals surface area (Å²) in [6, 6.07) is 5.45. The van der Waals surface area contributed by atoms with E-state index in [2.05, 4.69) is 216 Å². The summed E-state index contributed by atoms with van der Waals surface area (Å²) in [6.07, 6.45) is 56.7. The zero-order valence-electron chi connectivity index (χ0n) is 76.3. The summed E-state index contributed by atoms with van der Waals surface area (Å²) in [4.78, 5) is 16.5. The van der Waals surface area contributed by atoms with Crippen LogP contribution in [0.1, 0.15) is 431 Å². The number of rotatable bonds is 0. The summed E-state index contributed by atoms with van der Waals surface area (Å²) in [5.41, 5.74) is 3.95. The van der Waals surface area contributed by atoms with Gasteiger partial charge in [0.05, 0.1) is 0 Å². The van der Waals surface area contributed by atoms with Gasteiger partial charge in [0.1, 0.15) is 0 Å². The van der Waals surface area contributed by atoms with Crippen molar-refractivity contribution >= 4 is 0 Å². The maximum Gasteiger partial charge on any atom is 0.0130 e. The molecule has 18 aliphatic rings. The Morgan fingerprint density at radius 1 is 0.210 bits per heavy atom. The molecule has 0 N–H and O–H groups in total. The van der Waals surface area contributed by atoms with Crippen molar-refractivity contribution in [3.8, 4) is 0 Å². The fourth-order valence-corrected chi connectivity index (χ4v) is 26.7.